The summed E-state index contributed by atoms with van der Waals surface area (Å²) in [7, 11) is 1.62. The number of carbonyl (C=O) groups excluding carboxylic acids is 1. The van der Waals surface area contributed by atoms with Gasteiger partial charge in [0.2, 0.25) is 5.91 Å². The van der Waals surface area contributed by atoms with Crippen LogP contribution in [-0.4, -0.2) is 38.8 Å². The highest BCUT2D eigenvalue weighted by Gasteiger charge is 2.13. The van der Waals surface area contributed by atoms with E-state index in [1.807, 2.05) is 0 Å². The summed E-state index contributed by atoms with van der Waals surface area (Å²) in [6.07, 6.45) is 2.42. The van der Waals surface area contributed by atoms with Gasteiger partial charge in [-0.2, -0.15) is 0 Å². The molecule has 1 amide bonds. The van der Waals surface area contributed by atoms with Gasteiger partial charge in [0, 0.05) is 13.6 Å². The van der Waals surface area contributed by atoms with Crippen LogP contribution in [0.1, 0.15) is 12.8 Å². The molecule has 1 heterocycles. The van der Waals surface area contributed by atoms with Gasteiger partial charge in [0.25, 0.3) is 0 Å². The predicted molar refractivity (Wildman–Crippen MR) is 45.9 cm³/mol. The van der Waals surface area contributed by atoms with Crippen LogP contribution in [0.25, 0.3) is 0 Å². The van der Waals surface area contributed by atoms with Crippen molar-refractivity contribution in [3.8, 4) is 0 Å². The topological polar surface area (TPSA) is 50.4 Å². The van der Waals surface area contributed by atoms with Crippen molar-refractivity contribution in [1.82, 2.24) is 10.6 Å². The van der Waals surface area contributed by atoms with Crippen LogP contribution in [0.5, 0.6) is 0 Å². The Morgan fingerprint density at radius 2 is 2.58 bits per heavy atom. The molecule has 1 aliphatic heterocycles. The van der Waals surface area contributed by atoms with Crippen molar-refractivity contribution in [1.29, 1.82) is 0 Å². The lowest BCUT2D eigenvalue weighted by molar-refractivity contribution is -0.127. The Labute approximate surface area is 72.7 Å². The maximum Gasteiger partial charge on any atom is 0.245 e. The third-order valence-electron chi connectivity index (χ3n) is 1.98. The van der Waals surface area contributed by atoms with Crippen LogP contribution >= 0.6 is 0 Å². The average Bonchev–Trinajstić information content (AvgIpc) is 2.16. The van der Waals surface area contributed by atoms with Crippen molar-refractivity contribution < 1.29 is 9.53 Å². The van der Waals surface area contributed by atoms with Gasteiger partial charge in [-0.25, -0.2) is 0 Å². The number of rotatable bonds is 3. The number of piperidine rings is 1. The van der Waals surface area contributed by atoms with Crippen LogP contribution in [0, 0.1) is 0 Å². The normalized spacial score (nSPS) is 23.6. The molecule has 0 aromatic heterocycles. The Bertz CT molecular complexity index is 144. The number of amides is 1. The molecular weight excluding hydrogens is 156 g/mol. The number of hydrogen-bond donors (Lipinski definition) is 2. The summed E-state index contributed by atoms with van der Waals surface area (Å²) < 4.78 is 5.36. The van der Waals surface area contributed by atoms with E-state index in [9.17, 15) is 4.79 Å². The number of carbonyl (C=O) groups is 1. The minimum Gasteiger partial charge on any atom is -0.367 e. The van der Waals surface area contributed by atoms with Gasteiger partial charge in [0.05, 0.1) is 6.10 Å². The summed E-state index contributed by atoms with van der Waals surface area (Å²) in [6, 6.07) is 0. The molecule has 1 saturated heterocycles. The van der Waals surface area contributed by atoms with E-state index in [0.29, 0.717) is 0 Å². The minimum absolute atomic E-state index is 0.0550. The third-order valence-corrected chi connectivity index (χ3v) is 1.98. The van der Waals surface area contributed by atoms with Gasteiger partial charge in [-0.3, -0.25) is 4.79 Å². The van der Waals surface area contributed by atoms with Crippen LogP contribution in [0.4, 0.5) is 0 Å². The third kappa shape index (κ3) is 3.19. The van der Waals surface area contributed by atoms with Crippen molar-refractivity contribution in [2.75, 3.05) is 26.7 Å². The molecule has 1 atom stereocenters. The fourth-order valence-electron chi connectivity index (χ4n) is 1.23. The SMILES string of the molecule is CNC(=O)COC1CCCNC1. The highest BCUT2D eigenvalue weighted by Crippen LogP contribution is 2.04. The molecule has 1 unspecified atom stereocenters. The van der Waals surface area contributed by atoms with Crippen LogP contribution < -0.4 is 10.6 Å². The Kier molecular flexibility index (Phi) is 4.04. The maximum absolute atomic E-state index is 10.8. The first-order chi connectivity index (χ1) is 5.83. The van der Waals surface area contributed by atoms with Gasteiger partial charge in [-0.15, -0.1) is 0 Å². The molecule has 4 nitrogen and oxygen atoms in total. The van der Waals surface area contributed by atoms with Gasteiger partial charge in [0.1, 0.15) is 6.61 Å². The molecule has 0 bridgehead atoms. The van der Waals surface area contributed by atoms with Crippen molar-refractivity contribution in [3.05, 3.63) is 0 Å². The van der Waals surface area contributed by atoms with E-state index in [2.05, 4.69) is 10.6 Å². The van der Waals surface area contributed by atoms with E-state index in [0.717, 1.165) is 25.9 Å². The average molecular weight is 172 g/mol. The summed E-state index contributed by atoms with van der Waals surface area (Å²) in [6.45, 7) is 2.12. The van der Waals surface area contributed by atoms with E-state index < -0.39 is 0 Å². The van der Waals surface area contributed by atoms with E-state index in [1.165, 1.54) is 0 Å². The van der Waals surface area contributed by atoms with Crippen molar-refractivity contribution in [3.63, 3.8) is 0 Å². The molecule has 70 valence electrons. The van der Waals surface area contributed by atoms with Gasteiger partial charge in [-0.05, 0) is 19.4 Å². The Balaban J connectivity index is 2.09. The molecule has 1 rings (SSSR count). The summed E-state index contributed by atoms with van der Waals surface area (Å²) in [5.74, 6) is -0.0550. The van der Waals surface area contributed by atoms with Crippen molar-refractivity contribution >= 4 is 5.91 Å². The molecule has 0 spiro atoms. The van der Waals surface area contributed by atoms with Crippen LogP contribution in [-0.2, 0) is 9.53 Å². The maximum atomic E-state index is 10.8. The van der Waals surface area contributed by atoms with E-state index in [-0.39, 0.29) is 18.6 Å². The Hall–Kier alpha value is -0.610. The summed E-state index contributed by atoms with van der Waals surface area (Å²) in [5, 5.41) is 5.74. The first-order valence-corrected chi connectivity index (χ1v) is 4.36. The lowest BCUT2D eigenvalue weighted by Crippen LogP contribution is -2.37. The number of hydrogen-bond acceptors (Lipinski definition) is 3. The van der Waals surface area contributed by atoms with E-state index >= 15 is 0 Å². The molecule has 0 radical (unpaired) electrons. The Morgan fingerprint density at radius 1 is 1.75 bits per heavy atom. The number of ether oxygens (including phenoxy) is 1. The lowest BCUT2D eigenvalue weighted by atomic mass is 10.1. The molecule has 0 aromatic rings. The Morgan fingerprint density at radius 3 is 3.17 bits per heavy atom. The van der Waals surface area contributed by atoms with Crippen molar-refractivity contribution in [2.24, 2.45) is 0 Å². The fourth-order valence-corrected chi connectivity index (χ4v) is 1.23. The lowest BCUT2D eigenvalue weighted by Gasteiger charge is -2.22. The summed E-state index contributed by atoms with van der Waals surface area (Å²) in [4.78, 5) is 10.8. The van der Waals surface area contributed by atoms with Crippen LogP contribution in [0.2, 0.25) is 0 Å². The summed E-state index contributed by atoms with van der Waals surface area (Å²) in [5.41, 5.74) is 0. The second kappa shape index (κ2) is 5.11. The number of likely N-dealkylation sites (N-methyl/N-ethyl adjacent to an activating group) is 1. The van der Waals surface area contributed by atoms with Gasteiger partial charge in [-0.1, -0.05) is 0 Å². The van der Waals surface area contributed by atoms with Crippen LogP contribution in [0.15, 0.2) is 0 Å². The first kappa shape index (κ1) is 9.48. The molecule has 0 saturated carbocycles. The monoisotopic (exact) mass is 172 g/mol. The fraction of sp³-hybridized carbons (Fsp3) is 0.875. The van der Waals surface area contributed by atoms with Crippen molar-refractivity contribution in [2.45, 2.75) is 18.9 Å². The van der Waals surface area contributed by atoms with Gasteiger partial charge < -0.3 is 15.4 Å². The minimum atomic E-state index is -0.0550. The molecule has 0 aliphatic carbocycles. The molecule has 0 aromatic carbocycles. The van der Waals surface area contributed by atoms with Gasteiger partial charge >= 0.3 is 0 Å². The molecule has 4 heteroatoms. The predicted octanol–water partition coefficient (Wildman–Crippen LogP) is -0.499. The van der Waals surface area contributed by atoms with E-state index in [4.69, 9.17) is 4.74 Å². The van der Waals surface area contributed by atoms with E-state index in [1.54, 1.807) is 7.05 Å². The summed E-state index contributed by atoms with van der Waals surface area (Å²) >= 11 is 0. The smallest absolute Gasteiger partial charge is 0.245 e. The molecule has 2 N–H and O–H groups in total. The first-order valence-electron chi connectivity index (χ1n) is 4.36. The quantitative estimate of drug-likeness (QED) is 0.603. The van der Waals surface area contributed by atoms with Gasteiger partial charge in [0.15, 0.2) is 0 Å². The highest BCUT2D eigenvalue weighted by molar-refractivity contribution is 5.76. The zero-order valence-corrected chi connectivity index (χ0v) is 7.43. The molecular formula is C8H16N2O2. The number of nitrogens with one attached hydrogen (secondary N) is 2. The largest absolute Gasteiger partial charge is 0.367 e. The van der Waals surface area contributed by atoms with Crippen LogP contribution in [0.3, 0.4) is 0 Å². The molecule has 1 aliphatic rings. The second-order valence-electron chi connectivity index (χ2n) is 2.95. The molecule has 12 heavy (non-hydrogen) atoms. The zero-order valence-electron chi connectivity index (χ0n) is 7.43. The molecule has 1 fully saturated rings. The standard InChI is InChI=1S/C8H16N2O2/c1-9-8(11)6-12-7-3-2-4-10-5-7/h7,10H,2-6H2,1H3,(H,9,11). The zero-order chi connectivity index (χ0) is 8.81. The second-order valence-corrected chi connectivity index (χ2v) is 2.95. The highest BCUT2D eigenvalue weighted by atomic mass is 16.5.